The van der Waals surface area contributed by atoms with Crippen LogP contribution < -0.4 is 33.9 Å². The smallest absolute Gasteiger partial charge is 0.453 e. The molecule has 0 aliphatic rings. The van der Waals surface area contributed by atoms with E-state index in [4.69, 9.17) is 58.9 Å². The normalized spacial score (nSPS) is 13.8. The Morgan fingerprint density at radius 1 is 0.667 bits per heavy atom. The van der Waals surface area contributed by atoms with Gasteiger partial charge in [-0.25, -0.2) is 0 Å². The van der Waals surface area contributed by atoms with E-state index < -0.39 is 31.3 Å². The second kappa shape index (κ2) is 17.4. The molecule has 3 aromatic carbocycles. The third-order valence-electron chi connectivity index (χ3n) is 9.59. The summed E-state index contributed by atoms with van der Waals surface area (Å²) in [6.07, 6.45) is 1.98. The number of halogens is 2. The van der Waals surface area contributed by atoms with Crippen LogP contribution >= 0.6 is 37.6 Å². The summed E-state index contributed by atoms with van der Waals surface area (Å²) in [6.45, 7) is 30.0. The van der Waals surface area contributed by atoms with Crippen molar-refractivity contribution in [3.8, 4) is 39.9 Å². The van der Waals surface area contributed by atoms with Crippen LogP contribution in [-0.2, 0) is 21.0 Å². The molecule has 57 heavy (non-hydrogen) atoms. The molecule has 0 aliphatic heterocycles. The lowest BCUT2D eigenvalue weighted by Gasteiger charge is -2.28. The van der Waals surface area contributed by atoms with E-state index in [-0.39, 0.29) is 5.41 Å². The fourth-order valence-corrected chi connectivity index (χ4v) is 8.28. The van der Waals surface area contributed by atoms with Gasteiger partial charge in [0.1, 0.15) is 39.7 Å². The van der Waals surface area contributed by atoms with Crippen molar-refractivity contribution >= 4 is 60.7 Å². The molecule has 0 fully saturated rings. The lowest BCUT2D eigenvalue weighted by atomic mass is 9.81. The van der Waals surface area contributed by atoms with E-state index in [2.05, 4.69) is 89.7 Å². The third-order valence-corrected chi connectivity index (χ3v) is 11.3. The van der Waals surface area contributed by atoms with E-state index in [1.165, 1.54) is 0 Å². The zero-order chi connectivity index (χ0) is 43.0. The van der Waals surface area contributed by atoms with Crippen LogP contribution in [0.5, 0.6) is 28.7 Å². The highest BCUT2D eigenvalue weighted by atomic mass is 35.9. The van der Waals surface area contributed by atoms with E-state index in [1.54, 1.807) is 28.4 Å². The number of benzene rings is 3. The van der Waals surface area contributed by atoms with Gasteiger partial charge in [-0.15, -0.1) is 0 Å². The van der Waals surface area contributed by atoms with Crippen molar-refractivity contribution in [1.29, 1.82) is 0 Å². The highest BCUT2D eigenvalue weighted by Gasteiger charge is 2.32. The molecule has 12 heteroatoms. The Morgan fingerprint density at radius 3 is 1.56 bits per heavy atom. The summed E-state index contributed by atoms with van der Waals surface area (Å²) in [6, 6.07) is 11.7. The fraction of sp³-hybridized carbons (Fsp3) is 0.467. The summed E-state index contributed by atoms with van der Waals surface area (Å²) in [5.41, 5.74) is 4.19. The quantitative estimate of drug-likeness (QED) is 0.115. The van der Waals surface area contributed by atoms with Crippen molar-refractivity contribution in [3.63, 3.8) is 0 Å². The SMILES string of the molecule is C=c1/c(=C(\C=C(/C)OC)C(C)(C)C)op(Oc2c(-c3cc(OC)cc(C(C)(C)C)c3OP(Cl)Cl)cc(OC)cc2C(C)(C)C)oc2c(C(C)(C)C)cc(OC)cc12. The first-order valence-corrected chi connectivity index (χ1v) is 22.9. The minimum absolute atomic E-state index is 0.368. The number of rotatable bonds is 10. The van der Waals surface area contributed by atoms with Gasteiger partial charge in [0.15, 0.2) is 0 Å². The second-order valence-corrected chi connectivity index (χ2v) is 22.1. The molecule has 0 aliphatic carbocycles. The van der Waals surface area contributed by atoms with Gasteiger partial charge < -0.3 is 36.4 Å². The molecule has 312 valence electrons. The Morgan fingerprint density at radius 2 is 1.12 bits per heavy atom. The minimum atomic E-state index is -2.26. The molecule has 0 bridgehead atoms. The molecular formula is C45H60Cl2O8P2. The molecule has 1 aromatic heterocycles. The van der Waals surface area contributed by atoms with E-state index >= 15 is 0 Å². The standard InChI is InChI=1S/C45H60Cl2O8P2/c1-26(48-15)19-34(42(3,4)5)38-27(2)31-20-28(49-16)23-35(43(6,7)8)39(31)54-57(53-38)55-41-33(22-30(51-18)25-37(41)45(12,13)14)32-21-29(50-17)24-36(44(9,10)11)40(32)52-56(46)47/h19-25H,2H2,1,3-18H3/b26-19+,38-34-. The van der Waals surface area contributed by atoms with Crippen LogP contribution in [0.25, 0.3) is 34.2 Å². The summed E-state index contributed by atoms with van der Waals surface area (Å²) in [5, 5.41) is 1.35. The van der Waals surface area contributed by atoms with E-state index in [0.29, 0.717) is 61.9 Å². The topological polar surface area (TPSA) is 81.7 Å². The van der Waals surface area contributed by atoms with Crippen LogP contribution in [0.3, 0.4) is 0 Å². The first-order chi connectivity index (χ1) is 26.2. The molecule has 0 amide bonds. The van der Waals surface area contributed by atoms with E-state index in [9.17, 15) is 0 Å². The highest BCUT2D eigenvalue weighted by Crippen LogP contribution is 2.56. The van der Waals surface area contributed by atoms with Crippen molar-refractivity contribution in [2.75, 3.05) is 28.4 Å². The molecule has 4 aromatic rings. The third kappa shape index (κ3) is 10.6. The van der Waals surface area contributed by atoms with Crippen LogP contribution in [-0.4, -0.2) is 28.4 Å². The lowest BCUT2D eigenvalue weighted by molar-refractivity contribution is 0.293. The second-order valence-electron chi connectivity index (χ2n) is 18.1. The average Bonchev–Trinajstić information content (AvgIpc) is 3.23. The lowest BCUT2D eigenvalue weighted by Crippen LogP contribution is -2.29. The Hall–Kier alpha value is -3.41. The van der Waals surface area contributed by atoms with E-state index in [0.717, 1.165) is 27.6 Å². The van der Waals surface area contributed by atoms with Gasteiger partial charge in [-0.1, -0.05) is 89.7 Å². The van der Waals surface area contributed by atoms with Crippen LogP contribution in [0.1, 0.15) is 107 Å². The van der Waals surface area contributed by atoms with Crippen molar-refractivity contribution in [1.82, 2.24) is 0 Å². The van der Waals surface area contributed by atoms with Crippen molar-refractivity contribution < 1.29 is 36.4 Å². The number of methoxy groups -OCH3 is 4. The van der Waals surface area contributed by atoms with Crippen LogP contribution in [0.15, 0.2) is 56.6 Å². The maximum Gasteiger partial charge on any atom is 0.453 e. The van der Waals surface area contributed by atoms with Crippen LogP contribution in [0, 0.1) is 5.41 Å². The molecule has 0 spiro atoms. The molecule has 1 heterocycles. The zero-order valence-corrected chi connectivity index (χ0v) is 40.0. The number of ether oxygens (including phenoxy) is 4. The van der Waals surface area contributed by atoms with E-state index in [1.807, 2.05) is 49.4 Å². The molecule has 0 saturated carbocycles. The van der Waals surface area contributed by atoms with Crippen molar-refractivity contribution in [2.24, 2.45) is 5.41 Å². The van der Waals surface area contributed by atoms with Gasteiger partial charge in [-0.3, -0.25) is 0 Å². The van der Waals surface area contributed by atoms with Crippen LogP contribution in [0.2, 0.25) is 0 Å². The Balaban J connectivity index is 2.38. The Labute approximate surface area is 351 Å². The summed E-state index contributed by atoms with van der Waals surface area (Å²) < 4.78 is 51.0. The van der Waals surface area contributed by atoms with Gasteiger partial charge in [0.2, 0.25) is 0 Å². The molecule has 0 N–H and O–H groups in total. The molecule has 0 radical (unpaired) electrons. The van der Waals surface area contributed by atoms with Gasteiger partial charge in [0, 0.05) is 44.0 Å². The van der Waals surface area contributed by atoms with Crippen LogP contribution in [0.4, 0.5) is 0 Å². The average molecular weight is 862 g/mol. The van der Waals surface area contributed by atoms with Gasteiger partial charge in [0.25, 0.3) is 6.85 Å². The van der Waals surface area contributed by atoms with Gasteiger partial charge in [-0.05, 0) is 93.5 Å². The highest BCUT2D eigenvalue weighted by molar-refractivity contribution is 8.00. The maximum absolute atomic E-state index is 7.24. The largest absolute Gasteiger partial charge is 0.501 e. The first-order valence-electron chi connectivity index (χ1n) is 18.7. The minimum Gasteiger partial charge on any atom is -0.501 e. The number of allylic oxidation sites excluding steroid dienone is 2. The summed E-state index contributed by atoms with van der Waals surface area (Å²) >= 11 is 12.9. The summed E-state index contributed by atoms with van der Waals surface area (Å²) in [5.74, 6) is 3.60. The molecular weight excluding hydrogens is 801 g/mol. The fourth-order valence-electron chi connectivity index (χ4n) is 6.37. The molecule has 0 saturated heterocycles. The predicted octanol–water partition coefficient (Wildman–Crippen LogP) is 13.8. The number of hydrogen-bond acceptors (Lipinski definition) is 8. The van der Waals surface area contributed by atoms with Gasteiger partial charge >= 0.3 is 8.24 Å². The maximum atomic E-state index is 7.24. The summed E-state index contributed by atoms with van der Waals surface area (Å²) in [7, 11) is 4.32. The van der Waals surface area contributed by atoms with Gasteiger partial charge in [0.05, 0.1) is 34.2 Å². The monoisotopic (exact) mass is 860 g/mol. The molecule has 1 unspecified atom stereocenters. The zero-order valence-electron chi connectivity index (χ0n) is 36.7. The number of fused-ring (bicyclic) bond motifs is 1. The summed E-state index contributed by atoms with van der Waals surface area (Å²) in [4.78, 5) is 0. The van der Waals surface area contributed by atoms with Crippen molar-refractivity contribution in [2.45, 2.75) is 106 Å². The van der Waals surface area contributed by atoms with Crippen molar-refractivity contribution in [3.05, 3.63) is 75.6 Å². The first kappa shape index (κ1) is 46.3. The van der Waals surface area contributed by atoms with Gasteiger partial charge in [-0.2, -0.15) is 0 Å². The molecule has 8 nitrogen and oxygen atoms in total. The number of hydrogen-bond donors (Lipinski definition) is 0. The molecule has 4 rings (SSSR count). The Kier molecular flexibility index (Phi) is 14.2. The molecule has 1 atom stereocenters. The predicted molar refractivity (Wildman–Crippen MR) is 240 cm³/mol. The Bertz CT molecular complexity index is 2300.